The summed E-state index contributed by atoms with van der Waals surface area (Å²) < 4.78 is 11.4. The standard InChI is InChI=1S/C16H20N2O5/c1-4-17(5-2)14(19)10-22-15(20)11(3)18-12-8-6-7-9-13(12)23-16(18)21/h6-9,11H,4-5,10H2,1-3H3. The molecule has 23 heavy (non-hydrogen) atoms. The predicted octanol–water partition coefficient (Wildman–Crippen LogP) is 1.57. The van der Waals surface area contributed by atoms with Gasteiger partial charge in [-0.3, -0.25) is 9.36 Å². The molecule has 0 N–H and O–H groups in total. The molecule has 0 saturated carbocycles. The lowest BCUT2D eigenvalue weighted by atomic mass is 10.3. The lowest BCUT2D eigenvalue weighted by Crippen LogP contribution is -2.35. The van der Waals surface area contributed by atoms with Crippen molar-refractivity contribution in [3.8, 4) is 0 Å². The van der Waals surface area contributed by atoms with Crippen LogP contribution in [0.15, 0.2) is 33.5 Å². The van der Waals surface area contributed by atoms with Crippen LogP contribution in [0.2, 0.25) is 0 Å². The molecule has 0 aliphatic heterocycles. The van der Waals surface area contributed by atoms with E-state index in [1.807, 2.05) is 13.8 Å². The van der Waals surface area contributed by atoms with Gasteiger partial charge in [0.2, 0.25) is 0 Å². The van der Waals surface area contributed by atoms with Crippen LogP contribution in [-0.4, -0.2) is 41.0 Å². The second kappa shape index (κ2) is 7.13. The number of likely N-dealkylation sites (N-methyl/N-ethyl adjacent to an activating group) is 1. The Hall–Kier alpha value is -2.57. The largest absolute Gasteiger partial charge is 0.454 e. The Morgan fingerprint density at radius 3 is 2.57 bits per heavy atom. The average Bonchev–Trinajstić information content (AvgIpc) is 2.88. The average molecular weight is 320 g/mol. The first kappa shape index (κ1) is 16.8. The molecule has 1 aromatic carbocycles. The number of fused-ring (bicyclic) bond motifs is 1. The molecule has 2 aromatic rings. The predicted molar refractivity (Wildman–Crippen MR) is 84.1 cm³/mol. The molecular formula is C16H20N2O5. The van der Waals surface area contributed by atoms with E-state index in [0.29, 0.717) is 24.2 Å². The summed E-state index contributed by atoms with van der Waals surface area (Å²) >= 11 is 0. The quantitative estimate of drug-likeness (QED) is 0.755. The number of hydrogen-bond donors (Lipinski definition) is 0. The highest BCUT2D eigenvalue weighted by Crippen LogP contribution is 2.17. The molecule has 1 atom stereocenters. The summed E-state index contributed by atoms with van der Waals surface area (Å²) in [4.78, 5) is 37.5. The van der Waals surface area contributed by atoms with Gasteiger partial charge in [-0.15, -0.1) is 0 Å². The zero-order valence-electron chi connectivity index (χ0n) is 13.4. The van der Waals surface area contributed by atoms with Gasteiger partial charge < -0.3 is 14.1 Å². The van der Waals surface area contributed by atoms with Crippen LogP contribution in [0, 0.1) is 0 Å². The molecule has 0 saturated heterocycles. The van der Waals surface area contributed by atoms with Gasteiger partial charge in [0, 0.05) is 13.1 Å². The van der Waals surface area contributed by atoms with Crippen LogP contribution in [0.25, 0.3) is 11.1 Å². The number of nitrogens with zero attached hydrogens (tertiary/aromatic N) is 2. The zero-order valence-corrected chi connectivity index (χ0v) is 13.4. The van der Waals surface area contributed by atoms with Gasteiger partial charge in [-0.25, -0.2) is 9.59 Å². The van der Waals surface area contributed by atoms with Crippen LogP contribution < -0.4 is 5.76 Å². The van der Waals surface area contributed by atoms with Gasteiger partial charge in [0.1, 0.15) is 6.04 Å². The van der Waals surface area contributed by atoms with E-state index in [0.717, 1.165) is 0 Å². The molecule has 7 nitrogen and oxygen atoms in total. The van der Waals surface area contributed by atoms with E-state index in [2.05, 4.69) is 0 Å². The van der Waals surface area contributed by atoms with Gasteiger partial charge in [0.05, 0.1) is 5.52 Å². The summed E-state index contributed by atoms with van der Waals surface area (Å²) in [7, 11) is 0. The first-order valence-corrected chi connectivity index (χ1v) is 7.54. The maximum absolute atomic E-state index is 12.1. The third kappa shape index (κ3) is 3.44. The fourth-order valence-corrected chi connectivity index (χ4v) is 2.38. The minimum Gasteiger partial charge on any atom is -0.454 e. The minimum absolute atomic E-state index is 0.264. The molecule has 1 unspecified atom stereocenters. The Morgan fingerprint density at radius 1 is 1.26 bits per heavy atom. The lowest BCUT2D eigenvalue weighted by molar-refractivity contribution is -0.154. The fourth-order valence-electron chi connectivity index (χ4n) is 2.38. The highest BCUT2D eigenvalue weighted by atomic mass is 16.5. The zero-order chi connectivity index (χ0) is 17.0. The molecular weight excluding hydrogens is 300 g/mol. The summed E-state index contributed by atoms with van der Waals surface area (Å²) in [5, 5.41) is 0. The van der Waals surface area contributed by atoms with Gasteiger partial charge in [-0.05, 0) is 32.9 Å². The molecule has 124 valence electrons. The van der Waals surface area contributed by atoms with Crippen molar-refractivity contribution < 1.29 is 18.7 Å². The molecule has 7 heteroatoms. The first-order valence-electron chi connectivity index (χ1n) is 7.54. The monoisotopic (exact) mass is 320 g/mol. The maximum atomic E-state index is 12.1. The molecule has 0 spiro atoms. The highest BCUT2D eigenvalue weighted by molar-refractivity contribution is 5.83. The summed E-state index contributed by atoms with van der Waals surface area (Å²) in [6.07, 6.45) is 0. The van der Waals surface area contributed by atoms with Crippen molar-refractivity contribution in [2.75, 3.05) is 19.7 Å². The molecule has 1 amide bonds. The van der Waals surface area contributed by atoms with Crippen molar-refractivity contribution >= 4 is 23.0 Å². The third-order valence-corrected chi connectivity index (χ3v) is 3.70. The molecule has 0 radical (unpaired) electrons. The normalized spacial score (nSPS) is 12.1. The number of para-hydroxylation sites is 2. The van der Waals surface area contributed by atoms with Crippen LogP contribution in [0.5, 0.6) is 0 Å². The van der Waals surface area contributed by atoms with Gasteiger partial charge >= 0.3 is 11.7 Å². The van der Waals surface area contributed by atoms with Crippen LogP contribution >= 0.6 is 0 Å². The van der Waals surface area contributed by atoms with Gasteiger partial charge in [-0.2, -0.15) is 0 Å². The molecule has 0 bridgehead atoms. The van der Waals surface area contributed by atoms with E-state index in [1.54, 1.807) is 29.2 Å². The molecule has 2 rings (SSSR count). The van der Waals surface area contributed by atoms with E-state index < -0.39 is 17.8 Å². The van der Waals surface area contributed by atoms with Crippen molar-refractivity contribution in [3.63, 3.8) is 0 Å². The first-order chi connectivity index (χ1) is 11.0. The summed E-state index contributed by atoms with van der Waals surface area (Å²) in [5.41, 5.74) is 0.911. The van der Waals surface area contributed by atoms with Crippen LogP contribution in [-0.2, 0) is 14.3 Å². The number of aromatic nitrogens is 1. The summed E-state index contributed by atoms with van der Waals surface area (Å²) in [6.45, 7) is 6.00. The van der Waals surface area contributed by atoms with Crippen molar-refractivity contribution in [2.24, 2.45) is 0 Å². The van der Waals surface area contributed by atoms with Crippen molar-refractivity contribution in [1.82, 2.24) is 9.47 Å². The molecule has 0 fully saturated rings. The van der Waals surface area contributed by atoms with E-state index >= 15 is 0 Å². The molecule has 1 aromatic heterocycles. The number of benzene rings is 1. The molecule has 1 heterocycles. The Morgan fingerprint density at radius 2 is 1.91 bits per heavy atom. The van der Waals surface area contributed by atoms with E-state index in [-0.39, 0.29) is 12.5 Å². The molecule has 0 aliphatic rings. The van der Waals surface area contributed by atoms with Gasteiger partial charge in [-0.1, -0.05) is 12.1 Å². The summed E-state index contributed by atoms with van der Waals surface area (Å²) in [5.74, 6) is -1.55. The van der Waals surface area contributed by atoms with E-state index in [9.17, 15) is 14.4 Å². The Balaban J connectivity index is 2.12. The number of ether oxygens (including phenoxy) is 1. The number of amides is 1. The lowest BCUT2D eigenvalue weighted by Gasteiger charge is -2.19. The van der Waals surface area contributed by atoms with E-state index in [1.165, 1.54) is 11.5 Å². The van der Waals surface area contributed by atoms with Crippen molar-refractivity contribution in [1.29, 1.82) is 0 Å². The Labute approximate surface area is 133 Å². The number of oxazole rings is 1. The van der Waals surface area contributed by atoms with Gasteiger partial charge in [0.25, 0.3) is 5.91 Å². The van der Waals surface area contributed by atoms with Crippen LogP contribution in [0.1, 0.15) is 26.8 Å². The fraction of sp³-hybridized carbons (Fsp3) is 0.438. The van der Waals surface area contributed by atoms with Crippen LogP contribution in [0.4, 0.5) is 0 Å². The summed E-state index contributed by atoms with van der Waals surface area (Å²) in [6, 6.07) is 5.94. The maximum Gasteiger partial charge on any atom is 0.420 e. The number of hydrogen-bond acceptors (Lipinski definition) is 5. The minimum atomic E-state index is -0.879. The second-order valence-electron chi connectivity index (χ2n) is 5.06. The van der Waals surface area contributed by atoms with E-state index in [4.69, 9.17) is 9.15 Å². The smallest absolute Gasteiger partial charge is 0.420 e. The van der Waals surface area contributed by atoms with Crippen molar-refractivity contribution in [2.45, 2.75) is 26.8 Å². The molecule has 0 aliphatic carbocycles. The highest BCUT2D eigenvalue weighted by Gasteiger charge is 2.23. The number of carbonyl (C=O) groups excluding carboxylic acids is 2. The van der Waals surface area contributed by atoms with Crippen molar-refractivity contribution in [3.05, 3.63) is 34.8 Å². The second-order valence-corrected chi connectivity index (χ2v) is 5.06. The Bertz CT molecular complexity index is 757. The Kier molecular flexibility index (Phi) is 5.20. The number of carbonyl (C=O) groups is 2. The SMILES string of the molecule is CCN(CC)C(=O)COC(=O)C(C)n1c(=O)oc2ccccc21. The number of esters is 1. The third-order valence-electron chi connectivity index (χ3n) is 3.70. The number of rotatable bonds is 6. The van der Waals surface area contributed by atoms with Crippen LogP contribution in [0.3, 0.4) is 0 Å². The van der Waals surface area contributed by atoms with Gasteiger partial charge in [0.15, 0.2) is 12.2 Å². The topological polar surface area (TPSA) is 81.8 Å².